The molecule has 0 aromatic heterocycles. The summed E-state index contributed by atoms with van der Waals surface area (Å²) in [4.78, 5) is 55.6. The Kier molecular flexibility index (Phi) is 11.8. The van der Waals surface area contributed by atoms with Gasteiger partial charge < -0.3 is 15.3 Å². The Balaban J connectivity index is 3.30. The fourth-order valence-electron chi connectivity index (χ4n) is 4.29. The van der Waals surface area contributed by atoms with E-state index in [1.54, 1.807) is 35.5 Å². The Bertz CT molecular complexity index is 719. The third-order valence-electron chi connectivity index (χ3n) is 7.08. The lowest BCUT2D eigenvalue weighted by Gasteiger charge is -2.39. The van der Waals surface area contributed by atoms with Crippen LogP contribution in [0.15, 0.2) is 0 Å². The molecule has 202 valence electrons. The molecule has 1 aliphatic heterocycles. The van der Waals surface area contributed by atoms with Crippen molar-refractivity contribution < 1.29 is 34.5 Å². The molecule has 0 saturated carbocycles. The summed E-state index contributed by atoms with van der Waals surface area (Å²) in [6.45, 7) is 15.1. The van der Waals surface area contributed by atoms with Gasteiger partial charge in [0.05, 0.1) is 6.04 Å². The average molecular weight is 501 g/mol. The zero-order valence-electron chi connectivity index (χ0n) is 22.2. The Morgan fingerprint density at radius 3 is 0.886 bits per heavy atom. The second-order valence-corrected chi connectivity index (χ2v) is 10.5. The summed E-state index contributed by atoms with van der Waals surface area (Å²) >= 11 is 0. The van der Waals surface area contributed by atoms with Gasteiger partial charge in [0.1, 0.15) is 18.1 Å². The van der Waals surface area contributed by atoms with Crippen molar-refractivity contribution in [1.82, 2.24) is 19.6 Å². The molecule has 0 aromatic rings. The van der Waals surface area contributed by atoms with Crippen LogP contribution < -0.4 is 0 Å². The molecule has 0 aromatic carbocycles. The average Bonchev–Trinajstić information content (AvgIpc) is 2.76. The maximum Gasteiger partial charge on any atom is 0.320 e. The minimum absolute atomic E-state index is 0.0571. The molecule has 0 bridgehead atoms. The summed E-state index contributed by atoms with van der Waals surface area (Å²) in [5, 5.41) is 28.8. The fraction of sp³-hybridized carbons (Fsp3) is 0.833. The number of rotatable bonds is 8. The number of carbonyl (C=O) groups excluding carboxylic acids is 1. The van der Waals surface area contributed by atoms with Crippen LogP contribution in [0.5, 0.6) is 0 Å². The predicted octanol–water partition coefficient (Wildman–Crippen LogP) is 0.631. The molecule has 1 aliphatic rings. The minimum Gasteiger partial charge on any atom is -0.480 e. The predicted molar refractivity (Wildman–Crippen MR) is 132 cm³/mol. The van der Waals surface area contributed by atoms with Gasteiger partial charge in [-0.2, -0.15) is 0 Å². The lowest BCUT2D eigenvalue weighted by molar-refractivity contribution is -0.146. The second kappa shape index (κ2) is 13.3. The van der Waals surface area contributed by atoms with E-state index in [2.05, 4.69) is 0 Å². The highest BCUT2D eigenvalue weighted by molar-refractivity contribution is 5.88. The minimum atomic E-state index is -0.992. The Morgan fingerprint density at radius 1 is 0.514 bits per heavy atom. The lowest BCUT2D eigenvalue weighted by atomic mass is 9.86. The zero-order valence-corrected chi connectivity index (χ0v) is 22.2. The standard InChI is InChI=1S/C24H44N4O7/c1-16(20(29)24(5,6)7)25-8-10-26(17(2)21(30)31)12-14-28(19(4)23(34)35)15-13-27(11-9-25)18(3)22(32)33/h16-19H,8-15H2,1-7H3,(H,30,31)(H,32,33)(H,34,35)/t16-,17-,18-,19-/m0/s1. The number of carbonyl (C=O) groups is 4. The van der Waals surface area contributed by atoms with Crippen molar-refractivity contribution in [2.24, 2.45) is 5.41 Å². The highest BCUT2D eigenvalue weighted by Crippen LogP contribution is 2.20. The third kappa shape index (κ3) is 9.14. The normalized spacial score (nSPS) is 22.3. The van der Waals surface area contributed by atoms with Crippen LogP contribution in [0, 0.1) is 5.41 Å². The first kappa shape index (κ1) is 31.0. The van der Waals surface area contributed by atoms with Gasteiger partial charge >= 0.3 is 17.9 Å². The molecule has 4 atom stereocenters. The van der Waals surface area contributed by atoms with Crippen molar-refractivity contribution in [1.29, 1.82) is 0 Å². The van der Waals surface area contributed by atoms with Crippen molar-refractivity contribution in [2.75, 3.05) is 52.4 Å². The maximum absolute atomic E-state index is 13.0. The quantitative estimate of drug-likeness (QED) is 0.432. The molecule has 0 unspecified atom stereocenters. The van der Waals surface area contributed by atoms with E-state index in [0.717, 1.165) is 0 Å². The van der Waals surface area contributed by atoms with Crippen LogP contribution in [0.25, 0.3) is 0 Å². The van der Waals surface area contributed by atoms with Gasteiger partial charge in [-0.3, -0.25) is 38.8 Å². The number of hydrogen-bond acceptors (Lipinski definition) is 8. The van der Waals surface area contributed by atoms with Gasteiger partial charge in [-0.25, -0.2) is 0 Å². The summed E-state index contributed by atoms with van der Waals surface area (Å²) in [6, 6.07) is -2.79. The summed E-state index contributed by atoms with van der Waals surface area (Å²) < 4.78 is 0. The summed E-state index contributed by atoms with van der Waals surface area (Å²) in [6.07, 6.45) is 0. The lowest BCUT2D eigenvalue weighted by Crippen LogP contribution is -2.55. The monoisotopic (exact) mass is 500 g/mol. The molecule has 1 fully saturated rings. The largest absolute Gasteiger partial charge is 0.480 e. The first-order chi connectivity index (χ1) is 16.1. The van der Waals surface area contributed by atoms with E-state index in [-0.39, 0.29) is 5.78 Å². The van der Waals surface area contributed by atoms with Crippen molar-refractivity contribution in [2.45, 2.75) is 72.6 Å². The highest BCUT2D eigenvalue weighted by atomic mass is 16.4. The van der Waals surface area contributed by atoms with E-state index in [0.29, 0.717) is 52.4 Å². The third-order valence-corrected chi connectivity index (χ3v) is 7.08. The van der Waals surface area contributed by atoms with Gasteiger partial charge in [-0.15, -0.1) is 0 Å². The van der Waals surface area contributed by atoms with E-state index < -0.39 is 47.5 Å². The number of carboxylic acid groups (broad SMARTS) is 3. The van der Waals surface area contributed by atoms with Gasteiger partial charge in [-0.05, 0) is 27.7 Å². The Hall–Kier alpha value is -2.08. The number of hydrogen-bond donors (Lipinski definition) is 3. The first-order valence-corrected chi connectivity index (χ1v) is 12.3. The van der Waals surface area contributed by atoms with E-state index in [1.165, 1.54) is 0 Å². The summed E-state index contributed by atoms with van der Waals surface area (Å²) in [5.74, 6) is -2.88. The first-order valence-electron chi connectivity index (χ1n) is 12.3. The maximum atomic E-state index is 13.0. The summed E-state index contributed by atoms with van der Waals surface area (Å²) in [5.41, 5.74) is -0.557. The molecule has 1 saturated heterocycles. The topological polar surface area (TPSA) is 142 Å². The van der Waals surface area contributed by atoms with Crippen LogP contribution in [0.1, 0.15) is 48.5 Å². The molecule has 0 radical (unpaired) electrons. The number of nitrogens with zero attached hydrogens (tertiary/aromatic N) is 4. The van der Waals surface area contributed by atoms with Gasteiger partial charge in [0, 0.05) is 57.8 Å². The highest BCUT2D eigenvalue weighted by Gasteiger charge is 2.33. The molecule has 0 aliphatic carbocycles. The van der Waals surface area contributed by atoms with Crippen LogP contribution in [0.2, 0.25) is 0 Å². The van der Waals surface area contributed by atoms with Crippen LogP contribution >= 0.6 is 0 Å². The molecular formula is C24H44N4O7. The van der Waals surface area contributed by atoms with E-state index >= 15 is 0 Å². The molecule has 0 spiro atoms. The number of Topliss-reactive ketones (excluding diaryl/α,β-unsaturated/α-hetero) is 1. The van der Waals surface area contributed by atoms with Crippen molar-refractivity contribution >= 4 is 23.7 Å². The molecule has 3 N–H and O–H groups in total. The Morgan fingerprint density at radius 2 is 0.714 bits per heavy atom. The SMILES string of the molecule is C[C@@H](C(=O)O)N1CCN([C@@H](C)C(=O)O)CCN([C@@H](C)C(=O)C(C)(C)C)CCN([C@@H](C)C(=O)O)CC1. The van der Waals surface area contributed by atoms with Crippen LogP contribution in [0.4, 0.5) is 0 Å². The molecule has 0 amide bonds. The van der Waals surface area contributed by atoms with Crippen LogP contribution in [-0.2, 0) is 19.2 Å². The molecular weight excluding hydrogens is 456 g/mol. The zero-order chi connectivity index (χ0) is 27.1. The molecule has 11 heteroatoms. The Labute approximate surface area is 208 Å². The molecule has 11 nitrogen and oxygen atoms in total. The fourth-order valence-corrected chi connectivity index (χ4v) is 4.29. The molecule has 1 rings (SSSR count). The van der Waals surface area contributed by atoms with E-state index in [1.807, 2.05) is 32.6 Å². The van der Waals surface area contributed by atoms with Crippen molar-refractivity contribution in [3.8, 4) is 0 Å². The van der Waals surface area contributed by atoms with Gasteiger partial charge in [-0.1, -0.05) is 20.8 Å². The van der Waals surface area contributed by atoms with E-state index in [9.17, 15) is 34.5 Å². The van der Waals surface area contributed by atoms with E-state index in [4.69, 9.17) is 0 Å². The van der Waals surface area contributed by atoms with Gasteiger partial charge in [0.15, 0.2) is 5.78 Å². The second-order valence-electron chi connectivity index (χ2n) is 10.5. The van der Waals surface area contributed by atoms with Crippen LogP contribution in [-0.4, -0.2) is 135 Å². The van der Waals surface area contributed by atoms with Crippen molar-refractivity contribution in [3.05, 3.63) is 0 Å². The molecule has 35 heavy (non-hydrogen) atoms. The van der Waals surface area contributed by atoms with Crippen LogP contribution in [0.3, 0.4) is 0 Å². The number of aliphatic carboxylic acids is 3. The number of carboxylic acids is 3. The van der Waals surface area contributed by atoms with Gasteiger partial charge in [0.2, 0.25) is 0 Å². The van der Waals surface area contributed by atoms with Gasteiger partial charge in [0.25, 0.3) is 0 Å². The van der Waals surface area contributed by atoms with Crippen molar-refractivity contribution in [3.63, 3.8) is 0 Å². The molecule has 1 heterocycles. The number of ketones is 1. The summed E-state index contributed by atoms with van der Waals surface area (Å²) in [7, 11) is 0. The smallest absolute Gasteiger partial charge is 0.320 e.